The zero-order valence-electron chi connectivity index (χ0n) is 14.2. The fourth-order valence-corrected chi connectivity index (χ4v) is 3.70. The Balaban J connectivity index is 1.86. The molecule has 2 aliphatic heterocycles. The van der Waals surface area contributed by atoms with Crippen LogP contribution in [0.3, 0.4) is 0 Å². The van der Waals surface area contributed by atoms with Crippen molar-refractivity contribution in [2.24, 2.45) is 5.92 Å². The summed E-state index contributed by atoms with van der Waals surface area (Å²) in [5.74, 6) is -0.564. The molecule has 1 aromatic rings. The molecular weight excluding hydrogens is 309 g/mol. The molecule has 2 amide bonds. The zero-order chi connectivity index (χ0) is 17.3. The van der Waals surface area contributed by atoms with E-state index >= 15 is 0 Å². The van der Waals surface area contributed by atoms with Gasteiger partial charge in [0.1, 0.15) is 5.82 Å². The number of amides is 2. The van der Waals surface area contributed by atoms with Crippen LogP contribution in [0.25, 0.3) is 0 Å². The fraction of sp³-hybridized carbons (Fsp3) is 0.556. The van der Waals surface area contributed by atoms with E-state index in [9.17, 15) is 14.0 Å². The van der Waals surface area contributed by atoms with E-state index in [1.165, 1.54) is 12.1 Å². The molecule has 2 saturated heterocycles. The molecule has 1 aromatic carbocycles. The third kappa shape index (κ3) is 3.29. The smallest absolute Gasteiger partial charge is 0.228 e. The molecule has 0 aromatic heterocycles. The fourth-order valence-electron chi connectivity index (χ4n) is 3.70. The first kappa shape index (κ1) is 16.9. The van der Waals surface area contributed by atoms with Gasteiger partial charge in [0.05, 0.1) is 12.0 Å². The van der Waals surface area contributed by atoms with Crippen LogP contribution in [-0.2, 0) is 9.59 Å². The third-order valence-corrected chi connectivity index (χ3v) is 5.18. The molecule has 0 bridgehead atoms. The van der Waals surface area contributed by atoms with Gasteiger partial charge in [-0.1, -0.05) is 12.1 Å². The summed E-state index contributed by atoms with van der Waals surface area (Å²) in [4.78, 5) is 30.9. The van der Waals surface area contributed by atoms with E-state index in [2.05, 4.69) is 4.90 Å². The number of piperidine rings is 1. The highest BCUT2D eigenvalue weighted by Gasteiger charge is 2.41. The molecule has 0 spiro atoms. The number of rotatable bonds is 2. The van der Waals surface area contributed by atoms with Crippen molar-refractivity contribution < 1.29 is 14.0 Å². The lowest BCUT2D eigenvalue weighted by atomic mass is 9.83. The minimum absolute atomic E-state index is 0.00619. The summed E-state index contributed by atoms with van der Waals surface area (Å²) in [5, 5.41) is 0. The Kier molecular flexibility index (Phi) is 4.85. The SMILES string of the molecule is CN1CCN(C(=O)[C@H]2CCC(=O)N(C)[C@@H]2c2cccc(F)c2)CC1. The number of carbonyl (C=O) groups excluding carboxylic acids is 2. The van der Waals surface area contributed by atoms with E-state index in [0.29, 0.717) is 31.5 Å². The maximum Gasteiger partial charge on any atom is 0.228 e. The van der Waals surface area contributed by atoms with E-state index in [4.69, 9.17) is 0 Å². The second-order valence-corrected chi connectivity index (χ2v) is 6.78. The van der Waals surface area contributed by atoms with Gasteiger partial charge in [0.2, 0.25) is 11.8 Å². The van der Waals surface area contributed by atoms with Gasteiger partial charge in [-0.25, -0.2) is 4.39 Å². The summed E-state index contributed by atoms with van der Waals surface area (Å²) in [6.07, 6.45) is 0.891. The van der Waals surface area contributed by atoms with Gasteiger partial charge in [0.25, 0.3) is 0 Å². The standard InChI is InChI=1S/C18H24FN3O2/c1-20-8-10-22(11-9-20)18(24)15-6-7-16(23)21(2)17(15)13-4-3-5-14(19)12-13/h3-5,12,15,17H,6-11H2,1-2H3/t15-,17+/m0/s1. The van der Waals surface area contributed by atoms with E-state index in [1.807, 2.05) is 11.9 Å². The molecule has 5 nitrogen and oxygen atoms in total. The Bertz CT molecular complexity index is 628. The second-order valence-electron chi connectivity index (χ2n) is 6.78. The van der Waals surface area contributed by atoms with Crippen molar-refractivity contribution in [1.82, 2.24) is 14.7 Å². The number of nitrogens with zero attached hydrogens (tertiary/aromatic N) is 3. The summed E-state index contributed by atoms with van der Waals surface area (Å²) in [6.45, 7) is 3.13. The van der Waals surface area contributed by atoms with Gasteiger partial charge in [-0.05, 0) is 31.2 Å². The first-order valence-corrected chi connectivity index (χ1v) is 8.46. The van der Waals surface area contributed by atoms with Crippen LogP contribution in [0.15, 0.2) is 24.3 Å². The molecule has 0 unspecified atom stereocenters. The van der Waals surface area contributed by atoms with Crippen LogP contribution in [0.2, 0.25) is 0 Å². The van der Waals surface area contributed by atoms with Gasteiger partial charge in [-0.15, -0.1) is 0 Å². The Morgan fingerprint density at radius 2 is 1.88 bits per heavy atom. The van der Waals surface area contributed by atoms with E-state index in [-0.39, 0.29) is 23.5 Å². The van der Waals surface area contributed by atoms with Crippen molar-refractivity contribution >= 4 is 11.8 Å². The highest BCUT2D eigenvalue weighted by Crippen LogP contribution is 2.37. The van der Waals surface area contributed by atoms with E-state index in [1.54, 1.807) is 24.1 Å². The van der Waals surface area contributed by atoms with Gasteiger partial charge < -0.3 is 14.7 Å². The van der Waals surface area contributed by atoms with Crippen LogP contribution in [-0.4, -0.2) is 66.8 Å². The molecule has 2 heterocycles. The zero-order valence-corrected chi connectivity index (χ0v) is 14.2. The number of carbonyl (C=O) groups is 2. The number of likely N-dealkylation sites (tertiary alicyclic amines) is 1. The van der Waals surface area contributed by atoms with Crippen LogP contribution in [0.1, 0.15) is 24.4 Å². The van der Waals surface area contributed by atoms with Crippen molar-refractivity contribution in [2.75, 3.05) is 40.3 Å². The average molecular weight is 333 g/mol. The van der Waals surface area contributed by atoms with E-state index < -0.39 is 6.04 Å². The van der Waals surface area contributed by atoms with E-state index in [0.717, 1.165) is 13.1 Å². The molecule has 6 heteroatoms. The highest BCUT2D eigenvalue weighted by molar-refractivity contribution is 5.85. The summed E-state index contributed by atoms with van der Waals surface area (Å²) < 4.78 is 13.7. The predicted molar refractivity (Wildman–Crippen MR) is 88.7 cm³/mol. The Morgan fingerprint density at radius 1 is 1.17 bits per heavy atom. The van der Waals surface area contributed by atoms with Gasteiger partial charge in [-0.2, -0.15) is 0 Å². The largest absolute Gasteiger partial charge is 0.340 e. The molecule has 3 rings (SSSR count). The van der Waals surface area contributed by atoms with Crippen molar-refractivity contribution in [3.05, 3.63) is 35.6 Å². The van der Waals surface area contributed by atoms with Gasteiger partial charge >= 0.3 is 0 Å². The van der Waals surface area contributed by atoms with Crippen molar-refractivity contribution in [1.29, 1.82) is 0 Å². The van der Waals surface area contributed by atoms with Crippen LogP contribution in [0.4, 0.5) is 4.39 Å². The van der Waals surface area contributed by atoms with Crippen LogP contribution >= 0.6 is 0 Å². The number of halogens is 1. The molecule has 2 atom stereocenters. The number of hydrogen-bond donors (Lipinski definition) is 0. The molecule has 24 heavy (non-hydrogen) atoms. The highest BCUT2D eigenvalue weighted by atomic mass is 19.1. The maximum absolute atomic E-state index is 13.7. The summed E-state index contributed by atoms with van der Waals surface area (Å²) in [5.41, 5.74) is 0.693. The summed E-state index contributed by atoms with van der Waals surface area (Å²) >= 11 is 0. The molecule has 0 aliphatic carbocycles. The van der Waals surface area contributed by atoms with Crippen molar-refractivity contribution in [3.63, 3.8) is 0 Å². The maximum atomic E-state index is 13.7. The first-order valence-electron chi connectivity index (χ1n) is 8.46. The monoisotopic (exact) mass is 333 g/mol. The van der Waals surface area contributed by atoms with Gasteiger partial charge in [0, 0.05) is 39.6 Å². The molecule has 2 fully saturated rings. The van der Waals surface area contributed by atoms with Gasteiger partial charge in [-0.3, -0.25) is 9.59 Å². The number of piperazine rings is 1. The molecule has 130 valence electrons. The lowest BCUT2D eigenvalue weighted by molar-refractivity contribution is -0.147. The Labute approximate surface area is 142 Å². The first-order chi connectivity index (χ1) is 11.5. The lowest BCUT2D eigenvalue weighted by Gasteiger charge is -2.42. The third-order valence-electron chi connectivity index (χ3n) is 5.18. The normalized spacial score (nSPS) is 25.9. The minimum Gasteiger partial charge on any atom is -0.340 e. The summed E-state index contributed by atoms with van der Waals surface area (Å²) in [6, 6.07) is 5.85. The summed E-state index contributed by atoms with van der Waals surface area (Å²) in [7, 11) is 3.76. The van der Waals surface area contributed by atoms with Crippen LogP contribution < -0.4 is 0 Å². The average Bonchev–Trinajstić information content (AvgIpc) is 2.57. The van der Waals surface area contributed by atoms with Gasteiger partial charge in [0.15, 0.2) is 0 Å². The van der Waals surface area contributed by atoms with Crippen LogP contribution in [0, 0.1) is 11.7 Å². The lowest BCUT2D eigenvalue weighted by Crippen LogP contribution is -2.52. The predicted octanol–water partition coefficient (Wildman–Crippen LogP) is 1.51. The topological polar surface area (TPSA) is 43.9 Å². The molecular formula is C18H24FN3O2. The van der Waals surface area contributed by atoms with Crippen LogP contribution in [0.5, 0.6) is 0 Å². The second kappa shape index (κ2) is 6.89. The van der Waals surface area contributed by atoms with Crippen molar-refractivity contribution in [2.45, 2.75) is 18.9 Å². The molecule has 0 saturated carbocycles. The quantitative estimate of drug-likeness (QED) is 0.824. The van der Waals surface area contributed by atoms with Crippen molar-refractivity contribution in [3.8, 4) is 0 Å². The molecule has 0 radical (unpaired) electrons. The number of hydrogen-bond acceptors (Lipinski definition) is 3. The Hall–Kier alpha value is -1.95. The molecule has 0 N–H and O–H groups in total. The minimum atomic E-state index is -0.394. The molecule has 2 aliphatic rings. The Morgan fingerprint density at radius 3 is 2.54 bits per heavy atom. The number of benzene rings is 1. The number of likely N-dealkylation sites (N-methyl/N-ethyl adjacent to an activating group) is 1.